The van der Waals surface area contributed by atoms with E-state index in [9.17, 15) is 13.2 Å². The highest BCUT2D eigenvalue weighted by atomic mass is 32.2. The number of nitrogens with one attached hydrogen (secondary N) is 1. The maximum absolute atomic E-state index is 12.7. The van der Waals surface area contributed by atoms with Crippen LogP contribution in [0.2, 0.25) is 0 Å². The van der Waals surface area contributed by atoms with Crippen LogP contribution in [0.3, 0.4) is 0 Å². The van der Waals surface area contributed by atoms with Crippen LogP contribution in [-0.4, -0.2) is 28.7 Å². The van der Waals surface area contributed by atoms with Gasteiger partial charge in [-0.15, -0.1) is 0 Å². The number of pyridine rings is 2. The third kappa shape index (κ3) is 3.03. The van der Waals surface area contributed by atoms with Crippen molar-refractivity contribution in [1.29, 1.82) is 0 Å². The predicted molar refractivity (Wildman–Crippen MR) is 77.1 cm³/mol. The Morgan fingerprint density at radius 1 is 1.29 bits per heavy atom. The lowest BCUT2D eigenvalue weighted by atomic mass is 10.3. The molecule has 0 aromatic carbocycles. The highest BCUT2D eigenvalue weighted by molar-refractivity contribution is 7.89. The van der Waals surface area contributed by atoms with Crippen LogP contribution >= 0.6 is 0 Å². The normalized spacial score (nSPS) is 15.3. The average molecular weight is 305 g/mol. The Kier molecular flexibility index (Phi) is 3.60. The van der Waals surface area contributed by atoms with Gasteiger partial charge in [0.2, 0.25) is 15.6 Å². The van der Waals surface area contributed by atoms with E-state index in [1.54, 1.807) is 18.5 Å². The van der Waals surface area contributed by atoms with E-state index in [2.05, 4.69) is 9.97 Å². The molecule has 0 unspecified atom stereocenters. The van der Waals surface area contributed by atoms with Gasteiger partial charge < -0.3 is 4.98 Å². The number of H-pyrrole nitrogens is 1. The number of aromatic nitrogens is 2. The van der Waals surface area contributed by atoms with Crippen molar-refractivity contribution in [3.05, 3.63) is 58.8 Å². The van der Waals surface area contributed by atoms with Gasteiger partial charge in [0.25, 0.3) is 0 Å². The molecule has 1 aliphatic carbocycles. The van der Waals surface area contributed by atoms with Crippen molar-refractivity contribution >= 4 is 10.0 Å². The lowest BCUT2D eigenvalue weighted by molar-refractivity contribution is 0.398. The van der Waals surface area contributed by atoms with Gasteiger partial charge in [-0.2, -0.15) is 4.31 Å². The molecule has 0 aliphatic heterocycles. The van der Waals surface area contributed by atoms with E-state index < -0.39 is 10.0 Å². The number of hydrogen-bond donors (Lipinski definition) is 1. The van der Waals surface area contributed by atoms with E-state index in [4.69, 9.17) is 0 Å². The zero-order chi connectivity index (χ0) is 14.9. The number of nitrogens with zero attached hydrogens (tertiary/aromatic N) is 2. The third-order valence-electron chi connectivity index (χ3n) is 3.38. The Labute approximate surface area is 122 Å². The molecular weight excluding hydrogens is 290 g/mol. The van der Waals surface area contributed by atoms with E-state index in [1.807, 2.05) is 6.07 Å². The minimum absolute atomic E-state index is 0.0298. The summed E-state index contributed by atoms with van der Waals surface area (Å²) in [4.78, 5) is 17.6. The first-order chi connectivity index (χ1) is 10.1. The standard InChI is InChI=1S/C14H15N3O3S/c18-14-6-5-13(9-16-14)21(19,20)17(12-3-4-12)10-11-2-1-7-15-8-11/h1-2,5-9,12H,3-4,10H2,(H,16,18). The van der Waals surface area contributed by atoms with Gasteiger partial charge in [0.15, 0.2) is 0 Å². The zero-order valence-electron chi connectivity index (χ0n) is 11.3. The monoisotopic (exact) mass is 305 g/mol. The quantitative estimate of drug-likeness (QED) is 0.897. The average Bonchev–Trinajstić information content (AvgIpc) is 3.31. The molecule has 7 heteroatoms. The summed E-state index contributed by atoms with van der Waals surface area (Å²) in [5.74, 6) is 0. The number of rotatable bonds is 5. The van der Waals surface area contributed by atoms with Gasteiger partial charge in [-0.25, -0.2) is 8.42 Å². The van der Waals surface area contributed by atoms with E-state index >= 15 is 0 Å². The van der Waals surface area contributed by atoms with Crippen LogP contribution in [0, 0.1) is 0 Å². The van der Waals surface area contributed by atoms with Crippen molar-refractivity contribution in [2.24, 2.45) is 0 Å². The molecule has 2 aromatic heterocycles. The second-order valence-corrected chi connectivity index (χ2v) is 6.92. The fourth-order valence-corrected chi connectivity index (χ4v) is 3.78. The van der Waals surface area contributed by atoms with Crippen LogP contribution in [0.4, 0.5) is 0 Å². The molecule has 1 N–H and O–H groups in total. The maximum Gasteiger partial charge on any atom is 0.247 e. The summed E-state index contributed by atoms with van der Waals surface area (Å²) in [5.41, 5.74) is 0.525. The van der Waals surface area contributed by atoms with Gasteiger partial charge in [0.05, 0.1) is 4.90 Å². The Morgan fingerprint density at radius 2 is 2.10 bits per heavy atom. The molecule has 0 bridgehead atoms. The smallest absolute Gasteiger partial charge is 0.247 e. The Morgan fingerprint density at radius 3 is 2.67 bits per heavy atom. The molecule has 1 fully saturated rings. The molecule has 0 saturated heterocycles. The molecule has 2 heterocycles. The van der Waals surface area contributed by atoms with E-state index in [1.165, 1.54) is 22.6 Å². The van der Waals surface area contributed by atoms with Crippen molar-refractivity contribution < 1.29 is 8.42 Å². The van der Waals surface area contributed by atoms with E-state index in [-0.39, 0.29) is 16.5 Å². The highest BCUT2D eigenvalue weighted by Gasteiger charge is 2.38. The number of hydrogen-bond acceptors (Lipinski definition) is 4. The van der Waals surface area contributed by atoms with Crippen molar-refractivity contribution in [2.45, 2.75) is 30.3 Å². The summed E-state index contributed by atoms with van der Waals surface area (Å²) in [5, 5.41) is 0. The van der Waals surface area contributed by atoms with Crippen molar-refractivity contribution in [3.8, 4) is 0 Å². The van der Waals surface area contributed by atoms with Crippen molar-refractivity contribution in [2.75, 3.05) is 0 Å². The number of sulfonamides is 1. The first-order valence-corrected chi connectivity index (χ1v) is 8.11. The Hall–Kier alpha value is -1.99. The Balaban J connectivity index is 1.93. The first kappa shape index (κ1) is 14.0. The molecule has 1 saturated carbocycles. The van der Waals surface area contributed by atoms with Crippen molar-refractivity contribution in [3.63, 3.8) is 0 Å². The van der Waals surface area contributed by atoms with Gasteiger partial charge in [-0.05, 0) is 30.5 Å². The first-order valence-electron chi connectivity index (χ1n) is 6.67. The summed E-state index contributed by atoms with van der Waals surface area (Å²) in [7, 11) is -3.62. The lowest BCUT2D eigenvalue weighted by Gasteiger charge is -2.21. The van der Waals surface area contributed by atoms with Crippen LogP contribution in [0.15, 0.2) is 52.5 Å². The van der Waals surface area contributed by atoms with Crippen LogP contribution in [0.5, 0.6) is 0 Å². The van der Waals surface area contributed by atoms with Gasteiger partial charge in [-0.1, -0.05) is 6.07 Å². The zero-order valence-corrected chi connectivity index (χ0v) is 12.1. The number of aromatic amines is 1. The van der Waals surface area contributed by atoms with Crippen LogP contribution in [-0.2, 0) is 16.6 Å². The second-order valence-electron chi connectivity index (χ2n) is 5.03. The van der Waals surface area contributed by atoms with Gasteiger partial charge >= 0.3 is 0 Å². The fraction of sp³-hybridized carbons (Fsp3) is 0.286. The minimum atomic E-state index is -3.62. The SMILES string of the molecule is O=c1ccc(S(=O)(=O)N(Cc2cccnc2)C2CC2)c[nH]1. The van der Waals surface area contributed by atoms with Gasteiger partial charge in [0.1, 0.15) is 0 Å². The Bertz CT molecular complexity index is 762. The van der Waals surface area contributed by atoms with Crippen LogP contribution in [0.25, 0.3) is 0 Å². The van der Waals surface area contributed by atoms with E-state index in [0.717, 1.165) is 18.4 Å². The minimum Gasteiger partial charge on any atom is -0.328 e. The molecule has 0 amide bonds. The summed E-state index contributed by atoms with van der Waals surface area (Å²) < 4.78 is 26.9. The molecule has 0 spiro atoms. The molecule has 0 radical (unpaired) electrons. The molecule has 3 rings (SSSR count). The van der Waals surface area contributed by atoms with Gasteiger partial charge in [-0.3, -0.25) is 9.78 Å². The fourth-order valence-electron chi connectivity index (χ4n) is 2.14. The molecule has 21 heavy (non-hydrogen) atoms. The van der Waals surface area contributed by atoms with Crippen LogP contribution in [0.1, 0.15) is 18.4 Å². The molecular formula is C14H15N3O3S. The summed E-state index contributed by atoms with van der Waals surface area (Å²) >= 11 is 0. The summed E-state index contributed by atoms with van der Waals surface area (Å²) in [6.45, 7) is 0.292. The molecule has 6 nitrogen and oxygen atoms in total. The predicted octanol–water partition coefficient (Wildman–Crippen LogP) is 1.12. The summed E-state index contributed by atoms with van der Waals surface area (Å²) in [6.07, 6.45) is 6.29. The molecule has 1 aliphatic rings. The lowest BCUT2D eigenvalue weighted by Crippen LogP contribution is -2.33. The summed E-state index contributed by atoms with van der Waals surface area (Å²) in [6, 6.07) is 6.23. The molecule has 110 valence electrons. The second kappa shape index (κ2) is 5.42. The highest BCUT2D eigenvalue weighted by Crippen LogP contribution is 2.33. The topological polar surface area (TPSA) is 83.1 Å². The van der Waals surface area contributed by atoms with E-state index in [0.29, 0.717) is 6.54 Å². The maximum atomic E-state index is 12.7. The van der Waals surface area contributed by atoms with Crippen molar-refractivity contribution in [1.82, 2.24) is 14.3 Å². The molecule has 2 aromatic rings. The third-order valence-corrected chi connectivity index (χ3v) is 5.27. The largest absolute Gasteiger partial charge is 0.328 e. The van der Waals surface area contributed by atoms with Crippen LogP contribution < -0.4 is 5.56 Å². The van der Waals surface area contributed by atoms with Gasteiger partial charge in [0, 0.05) is 37.2 Å². The molecule has 0 atom stereocenters.